The second-order valence-corrected chi connectivity index (χ2v) is 15.3. The minimum atomic E-state index is -3.62. The maximum absolute atomic E-state index is 14.0. The standard InChI is InChI=1S/C27H30BrCl2NO6S/c1-27(2,3)38(35,36)14-21(15-4-5-15)31-24(16-6-9-18(29)10-7-16)25(17-8-11-19(28)20(30)12-17)37-22(26(31)34)13-23(32)33/h6-12,15,21-22,24-25H,4-5,13-14H2,1-3H3,(H,32,33)/t21-,22-,24-,25-/m1/s1. The van der Waals surface area contributed by atoms with Gasteiger partial charge < -0.3 is 14.7 Å². The molecular weight excluding hydrogens is 617 g/mol. The van der Waals surface area contributed by atoms with Crippen molar-refractivity contribution in [3.63, 3.8) is 0 Å². The van der Waals surface area contributed by atoms with E-state index >= 15 is 0 Å². The van der Waals surface area contributed by atoms with E-state index in [1.807, 2.05) is 0 Å². The summed E-state index contributed by atoms with van der Waals surface area (Å²) in [5.41, 5.74) is 1.33. The van der Waals surface area contributed by atoms with Crippen LogP contribution in [0.3, 0.4) is 0 Å². The average Bonchev–Trinajstić information content (AvgIpc) is 3.66. The summed E-state index contributed by atoms with van der Waals surface area (Å²) in [5, 5.41) is 10.5. The van der Waals surface area contributed by atoms with Gasteiger partial charge in [0.25, 0.3) is 5.91 Å². The monoisotopic (exact) mass is 645 g/mol. The second-order valence-electron chi connectivity index (χ2n) is 10.9. The first-order valence-corrected chi connectivity index (χ1v) is 15.5. The molecule has 0 bridgehead atoms. The van der Waals surface area contributed by atoms with Crippen LogP contribution in [0.4, 0.5) is 0 Å². The number of carboxylic acid groups (broad SMARTS) is 1. The summed E-state index contributed by atoms with van der Waals surface area (Å²) >= 11 is 16.0. The molecule has 4 rings (SSSR count). The van der Waals surface area contributed by atoms with Crippen molar-refractivity contribution in [1.82, 2.24) is 4.90 Å². The van der Waals surface area contributed by atoms with Gasteiger partial charge in [-0.2, -0.15) is 0 Å². The summed E-state index contributed by atoms with van der Waals surface area (Å²) in [6.45, 7) is 4.93. The van der Waals surface area contributed by atoms with Crippen LogP contribution in [0, 0.1) is 5.92 Å². The molecule has 2 aromatic rings. The minimum Gasteiger partial charge on any atom is -0.481 e. The zero-order valence-corrected chi connectivity index (χ0v) is 25.1. The number of hydrogen-bond donors (Lipinski definition) is 1. The van der Waals surface area contributed by atoms with Crippen molar-refractivity contribution in [2.45, 2.75) is 69.1 Å². The Morgan fingerprint density at radius 2 is 1.74 bits per heavy atom. The Morgan fingerprint density at radius 1 is 1.13 bits per heavy atom. The second kappa shape index (κ2) is 11.1. The number of amides is 1. The van der Waals surface area contributed by atoms with Crippen LogP contribution >= 0.6 is 39.1 Å². The molecule has 206 valence electrons. The average molecular weight is 647 g/mol. The van der Waals surface area contributed by atoms with Crippen LogP contribution in [-0.2, 0) is 24.2 Å². The third-order valence-corrected chi connectivity index (χ3v) is 11.2. The lowest BCUT2D eigenvalue weighted by atomic mass is 9.89. The number of carbonyl (C=O) groups is 2. The van der Waals surface area contributed by atoms with E-state index in [0.717, 1.165) is 12.8 Å². The normalized spacial score (nSPS) is 23.4. The van der Waals surface area contributed by atoms with Gasteiger partial charge in [0.2, 0.25) is 0 Å². The summed E-state index contributed by atoms with van der Waals surface area (Å²) in [7, 11) is -3.62. The van der Waals surface area contributed by atoms with Crippen molar-refractivity contribution in [3.05, 3.63) is 68.1 Å². The highest BCUT2D eigenvalue weighted by molar-refractivity contribution is 9.10. The summed E-state index contributed by atoms with van der Waals surface area (Å²) < 4.78 is 32.7. The minimum absolute atomic E-state index is 0.0244. The van der Waals surface area contributed by atoms with Crippen LogP contribution in [-0.4, -0.2) is 52.9 Å². The molecule has 0 aromatic heterocycles. The Labute approximate surface area is 241 Å². The van der Waals surface area contributed by atoms with Gasteiger partial charge in [0.1, 0.15) is 12.2 Å². The molecule has 1 amide bonds. The highest BCUT2D eigenvalue weighted by atomic mass is 79.9. The van der Waals surface area contributed by atoms with Crippen molar-refractivity contribution >= 4 is 60.8 Å². The van der Waals surface area contributed by atoms with E-state index < -0.39 is 57.2 Å². The topological polar surface area (TPSA) is 101 Å². The van der Waals surface area contributed by atoms with Crippen molar-refractivity contribution in [2.24, 2.45) is 5.92 Å². The Bertz CT molecular complexity index is 1320. The maximum Gasteiger partial charge on any atom is 0.306 e. The molecule has 2 aromatic carbocycles. The first kappa shape index (κ1) is 29.3. The number of rotatable bonds is 8. The predicted molar refractivity (Wildman–Crippen MR) is 150 cm³/mol. The smallest absolute Gasteiger partial charge is 0.306 e. The van der Waals surface area contributed by atoms with Crippen LogP contribution in [0.15, 0.2) is 46.9 Å². The van der Waals surface area contributed by atoms with Gasteiger partial charge in [-0.3, -0.25) is 9.59 Å². The molecule has 2 aliphatic rings. The Hall–Kier alpha value is -1.65. The third-order valence-electron chi connectivity index (χ3n) is 7.12. The van der Waals surface area contributed by atoms with Crippen LogP contribution in [0.5, 0.6) is 0 Å². The van der Waals surface area contributed by atoms with Gasteiger partial charge >= 0.3 is 5.97 Å². The van der Waals surface area contributed by atoms with Crippen molar-refractivity contribution in [3.8, 4) is 0 Å². The molecule has 1 saturated carbocycles. The third kappa shape index (κ3) is 6.22. The number of morpholine rings is 1. The largest absolute Gasteiger partial charge is 0.481 e. The summed E-state index contributed by atoms with van der Waals surface area (Å²) in [6, 6.07) is 10.8. The van der Waals surface area contributed by atoms with Crippen LogP contribution in [0.25, 0.3) is 0 Å². The lowest BCUT2D eigenvalue weighted by Gasteiger charge is -2.48. The number of carboxylic acids is 1. The Morgan fingerprint density at radius 3 is 2.26 bits per heavy atom. The van der Waals surface area contributed by atoms with E-state index in [1.165, 1.54) is 0 Å². The highest BCUT2D eigenvalue weighted by Crippen LogP contribution is 2.48. The summed E-state index contributed by atoms with van der Waals surface area (Å²) in [6.07, 6.45) is -1.08. The van der Waals surface area contributed by atoms with E-state index in [0.29, 0.717) is 25.6 Å². The van der Waals surface area contributed by atoms with E-state index in [1.54, 1.807) is 68.1 Å². The van der Waals surface area contributed by atoms with Gasteiger partial charge in [0, 0.05) is 15.5 Å². The number of nitrogens with zero attached hydrogens (tertiary/aromatic N) is 1. The number of sulfone groups is 1. The molecule has 0 radical (unpaired) electrons. The maximum atomic E-state index is 14.0. The number of carbonyl (C=O) groups excluding carboxylic acids is 1. The fourth-order valence-electron chi connectivity index (χ4n) is 4.77. The van der Waals surface area contributed by atoms with Crippen LogP contribution in [0.2, 0.25) is 10.0 Å². The Kier molecular flexibility index (Phi) is 8.56. The number of halogens is 3. The molecule has 1 aliphatic carbocycles. The lowest BCUT2D eigenvalue weighted by molar-refractivity contribution is -0.183. The lowest BCUT2D eigenvalue weighted by Crippen LogP contribution is -2.58. The van der Waals surface area contributed by atoms with Gasteiger partial charge in [0.05, 0.1) is 28.0 Å². The molecule has 0 spiro atoms. The first-order chi connectivity index (χ1) is 17.7. The van der Waals surface area contributed by atoms with E-state index in [-0.39, 0.29) is 11.7 Å². The molecule has 1 saturated heterocycles. The van der Waals surface area contributed by atoms with E-state index in [4.69, 9.17) is 27.9 Å². The molecule has 2 fully saturated rings. The quantitative estimate of drug-likeness (QED) is 0.365. The first-order valence-electron chi connectivity index (χ1n) is 12.3. The van der Waals surface area contributed by atoms with Gasteiger partial charge in [-0.15, -0.1) is 0 Å². The molecule has 0 unspecified atom stereocenters. The summed E-state index contributed by atoms with van der Waals surface area (Å²) in [5.74, 6) is -1.98. The molecule has 7 nitrogen and oxygen atoms in total. The number of aliphatic carboxylic acids is 1. The molecule has 38 heavy (non-hydrogen) atoms. The molecule has 1 aliphatic heterocycles. The Balaban J connectivity index is 1.90. The van der Waals surface area contributed by atoms with Gasteiger partial charge in [-0.05, 0) is 90.9 Å². The number of benzene rings is 2. The van der Waals surface area contributed by atoms with Crippen LogP contribution in [0.1, 0.15) is 63.3 Å². The highest BCUT2D eigenvalue weighted by Gasteiger charge is 2.52. The van der Waals surface area contributed by atoms with Crippen LogP contribution < -0.4 is 0 Å². The molecule has 1 N–H and O–H groups in total. The fraction of sp³-hybridized carbons (Fsp3) is 0.481. The summed E-state index contributed by atoms with van der Waals surface area (Å²) in [4.78, 5) is 27.3. The molecule has 1 heterocycles. The van der Waals surface area contributed by atoms with Gasteiger partial charge in [0.15, 0.2) is 9.84 Å². The van der Waals surface area contributed by atoms with Crippen molar-refractivity contribution in [2.75, 3.05) is 5.75 Å². The van der Waals surface area contributed by atoms with E-state index in [9.17, 15) is 23.1 Å². The van der Waals surface area contributed by atoms with Crippen molar-refractivity contribution in [1.29, 1.82) is 0 Å². The van der Waals surface area contributed by atoms with Gasteiger partial charge in [-0.1, -0.05) is 41.4 Å². The molecule has 4 atom stereocenters. The molecule has 11 heteroatoms. The van der Waals surface area contributed by atoms with E-state index in [2.05, 4.69) is 15.9 Å². The fourth-order valence-corrected chi connectivity index (χ4v) is 6.71. The number of hydrogen-bond acceptors (Lipinski definition) is 5. The zero-order chi connectivity index (χ0) is 28.0. The van der Waals surface area contributed by atoms with Crippen molar-refractivity contribution < 1.29 is 27.9 Å². The predicted octanol–water partition coefficient (Wildman–Crippen LogP) is 6.23. The zero-order valence-electron chi connectivity index (χ0n) is 21.2. The van der Waals surface area contributed by atoms with Gasteiger partial charge in [-0.25, -0.2) is 8.42 Å². The number of ether oxygens (including phenoxy) is 1. The SMILES string of the molecule is CC(C)(C)S(=O)(=O)C[C@H](C1CC1)N1C(=O)[C@@H](CC(=O)O)O[C@H](c2ccc(Br)c(Cl)c2)[C@H]1c1ccc(Cl)cc1. The molecular formula is C27H30BrCl2NO6S.